The molecule has 2 aromatic rings. The molecule has 0 fully saturated rings. The Morgan fingerprint density at radius 1 is 1.23 bits per heavy atom. The number of nitrogens with zero attached hydrogens (tertiary/aromatic N) is 1. The number of amides is 1. The summed E-state index contributed by atoms with van der Waals surface area (Å²) < 4.78 is 4.95. The number of anilines is 1. The molecule has 0 radical (unpaired) electrons. The average molecular weight is 366 g/mol. The highest BCUT2D eigenvalue weighted by Crippen LogP contribution is 2.23. The number of thioether (sulfide) groups is 1. The number of rotatable bonds is 6. The summed E-state index contributed by atoms with van der Waals surface area (Å²) in [7, 11) is 0. The highest BCUT2D eigenvalue weighted by molar-refractivity contribution is 8.03. The van der Waals surface area contributed by atoms with Crippen molar-refractivity contribution in [3.8, 4) is 5.40 Å². The summed E-state index contributed by atoms with van der Waals surface area (Å²) in [5, 5.41) is 13.3. The van der Waals surface area contributed by atoms with E-state index in [1.165, 1.54) is 6.08 Å². The molecule has 132 valence electrons. The zero-order chi connectivity index (χ0) is 18.9. The molecule has 0 aromatic heterocycles. The quantitative estimate of drug-likeness (QED) is 0.361. The molecule has 0 spiro atoms. The fraction of sp³-hybridized carbons (Fsp3) is 0.150. The van der Waals surface area contributed by atoms with Crippen LogP contribution in [0.4, 0.5) is 5.69 Å². The highest BCUT2D eigenvalue weighted by atomic mass is 32.2. The van der Waals surface area contributed by atoms with Crippen molar-refractivity contribution in [1.82, 2.24) is 0 Å². The van der Waals surface area contributed by atoms with Gasteiger partial charge in [0.25, 0.3) is 5.91 Å². The van der Waals surface area contributed by atoms with E-state index in [-0.39, 0.29) is 6.61 Å². The van der Waals surface area contributed by atoms with Crippen molar-refractivity contribution < 1.29 is 14.3 Å². The molecule has 5 nitrogen and oxygen atoms in total. The van der Waals surface area contributed by atoms with E-state index in [1.54, 1.807) is 24.3 Å². The monoisotopic (exact) mass is 366 g/mol. The van der Waals surface area contributed by atoms with Crippen molar-refractivity contribution in [2.45, 2.75) is 18.7 Å². The van der Waals surface area contributed by atoms with Crippen molar-refractivity contribution in [1.29, 1.82) is 5.26 Å². The lowest BCUT2D eigenvalue weighted by atomic mass is 10.1. The lowest BCUT2D eigenvalue weighted by Crippen LogP contribution is -2.20. The van der Waals surface area contributed by atoms with Gasteiger partial charge in [-0.05, 0) is 61.0 Å². The maximum Gasteiger partial charge on any atom is 0.331 e. The molecule has 26 heavy (non-hydrogen) atoms. The van der Waals surface area contributed by atoms with Crippen molar-refractivity contribution in [2.75, 3.05) is 11.9 Å². The smallest absolute Gasteiger partial charge is 0.331 e. The number of nitrogens with one attached hydrogen (secondary N) is 1. The standard InChI is InChI=1S/C20H18N2O3S/c1-14-4-3-5-16(10-14)6-9-20(24)25-12-19(23)22-18-8-7-17(26-13-21)11-15(18)2/h3-11H,12H2,1-2H3,(H,22,23)/b9-6+. The fourth-order valence-electron chi connectivity index (χ4n) is 2.20. The lowest BCUT2D eigenvalue weighted by molar-refractivity contribution is -0.142. The molecule has 6 heteroatoms. The van der Waals surface area contributed by atoms with Crippen LogP contribution >= 0.6 is 11.8 Å². The molecule has 0 saturated carbocycles. The summed E-state index contributed by atoms with van der Waals surface area (Å²) in [6, 6.07) is 12.9. The number of esters is 1. The number of benzene rings is 2. The van der Waals surface area contributed by atoms with E-state index in [1.807, 2.05) is 43.5 Å². The van der Waals surface area contributed by atoms with E-state index in [9.17, 15) is 9.59 Å². The van der Waals surface area contributed by atoms with Crippen molar-refractivity contribution in [2.24, 2.45) is 0 Å². The van der Waals surface area contributed by atoms with Gasteiger partial charge in [0.15, 0.2) is 6.61 Å². The summed E-state index contributed by atoms with van der Waals surface area (Å²) in [6.07, 6.45) is 2.93. The third-order valence-electron chi connectivity index (χ3n) is 3.43. The Kier molecular flexibility index (Phi) is 7.01. The molecule has 1 amide bonds. The van der Waals surface area contributed by atoms with Crippen LogP contribution < -0.4 is 5.32 Å². The van der Waals surface area contributed by atoms with Gasteiger partial charge in [0.05, 0.1) is 0 Å². The number of hydrogen-bond acceptors (Lipinski definition) is 5. The minimum Gasteiger partial charge on any atom is -0.452 e. The number of carbonyl (C=O) groups is 2. The van der Waals surface area contributed by atoms with Gasteiger partial charge in [0.1, 0.15) is 5.40 Å². The van der Waals surface area contributed by atoms with Crippen LogP contribution in [0.1, 0.15) is 16.7 Å². The van der Waals surface area contributed by atoms with Crippen molar-refractivity contribution in [3.05, 3.63) is 65.2 Å². The van der Waals surface area contributed by atoms with E-state index < -0.39 is 11.9 Å². The van der Waals surface area contributed by atoms with E-state index in [4.69, 9.17) is 10.00 Å². The Hall–Kier alpha value is -3.04. The first-order valence-electron chi connectivity index (χ1n) is 7.86. The Labute approximate surface area is 156 Å². The molecule has 0 aliphatic heterocycles. The maximum atomic E-state index is 11.9. The number of hydrogen-bond donors (Lipinski definition) is 1. The second-order valence-corrected chi connectivity index (χ2v) is 6.43. The molecule has 0 saturated heterocycles. The molecule has 0 heterocycles. The molecule has 2 aromatic carbocycles. The molecule has 1 N–H and O–H groups in total. The van der Waals surface area contributed by atoms with Gasteiger partial charge in [0.2, 0.25) is 0 Å². The van der Waals surface area contributed by atoms with Crippen LogP contribution in [0.2, 0.25) is 0 Å². The molecule has 0 unspecified atom stereocenters. The highest BCUT2D eigenvalue weighted by Gasteiger charge is 2.08. The van der Waals surface area contributed by atoms with Crippen LogP contribution in [0.5, 0.6) is 0 Å². The Bertz CT molecular complexity index is 885. The molecule has 0 aliphatic carbocycles. The lowest BCUT2D eigenvalue weighted by Gasteiger charge is -2.09. The number of aryl methyl sites for hydroxylation is 2. The second kappa shape index (κ2) is 9.44. The van der Waals surface area contributed by atoms with Crippen LogP contribution in [0.15, 0.2) is 53.4 Å². The van der Waals surface area contributed by atoms with Gasteiger partial charge in [-0.3, -0.25) is 4.79 Å². The molecule has 0 atom stereocenters. The van der Waals surface area contributed by atoms with Gasteiger partial charge in [-0.15, -0.1) is 0 Å². The summed E-state index contributed by atoms with van der Waals surface area (Å²) in [6.45, 7) is 3.42. The minimum absolute atomic E-state index is 0.370. The molecule has 0 bridgehead atoms. The first-order chi connectivity index (χ1) is 12.5. The van der Waals surface area contributed by atoms with Crippen LogP contribution in [0.3, 0.4) is 0 Å². The number of thiocyanates is 1. The second-order valence-electron chi connectivity index (χ2n) is 5.57. The summed E-state index contributed by atoms with van der Waals surface area (Å²) in [4.78, 5) is 24.4. The van der Waals surface area contributed by atoms with E-state index >= 15 is 0 Å². The third-order valence-corrected chi connectivity index (χ3v) is 4.02. The number of carbonyl (C=O) groups excluding carboxylic acids is 2. The van der Waals surface area contributed by atoms with Gasteiger partial charge in [0, 0.05) is 16.7 Å². The third kappa shape index (κ3) is 6.11. The summed E-state index contributed by atoms with van der Waals surface area (Å²) in [5.41, 5.74) is 3.42. The Morgan fingerprint density at radius 3 is 2.73 bits per heavy atom. The Balaban J connectivity index is 1.85. The van der Waals surface area contributed by atoms with Crippen molar-refractivity contribution >= 4 is 35.4 Å². The Morgan fingerprint density at radius 2 is 2.04 bits per heavy atom. The van der Waals surface area contributed by atoms with E-state index in [0.717, 1.165) is 33.3 Å². The van der Waals surface area contributed by atoms with Crippen molar-refractivity contribution in [3.63, 3.8) is 0 Å². The molecular formula is C20H18N2O3S. The predicted molar refractivity (Wildman–Crippen MR) is 102 cm³/mol. The minimum atomic E-state index is -0.584. The fourth-order valence-corrected chi connectivity index (χ4v) is 2.68. The summed E-state index contributed by atoms with van der Waals surface area (Å²) in [5.74, 6) is -1.01. The zero-order valence-corrected chi connectivity index (χ0v) is 15.3. The predicted octanol–water partition coefficient (Wildman–Crippen LogP) is 4.07. The van der Waals surface area contributed by atoms with Gasteiger partial charge >= 0.3 is 5.97 Å². The first-order valence-corrected chi connectivity index (χ1v) is 8.67. The van der Waals surface area contributed by atoms with E-state index in [2.05, 4.69) is 5.32 Å². The SMILES string of the molecule is Cc1cccc(/C=C/C(=O)OCC(=O)Nc2ccc(SC#N)cc2C)c1. The van der Waals surface area contributed by atoms with Crippen LogP contribution in [-0.2, 0) is 14.3 Å². The zero-order valence-electron chi connectivity index (χ0n) is 14.5. The normalized spacial score (nSPS) is 10.3. The van der Waals surface area contributed by atoms with Crippen LogP contribution in [0.25, 0.3) is 6.08 Å². The van der Waals surface area contributed by atoms with Gasteiger partial charge < -0.3 is 10.1 Å². The van der Waals surface area contributed by atoms with Crippen LogP contribution in [-0.4, -0.2) is 18.5 Å². The first kappa shape index (κ1) is 19.3. The topological polar surface area (TPSA) is 79.2 Å². The number of ether oxygens (including phenoxy) is 1. The largest absolute Gasteiger partial charge is 0.452 e. The van der Waals surface area contributed by atoms with Gasteiger partial charge in [-0.25, -0.2) is 4.79 Å². The molecular weight excluding hydrogens is 348 g/mol. The number of nitriles is 1. The van der Waals surface area contributed by atoms with Gasteiger partial charge in [-0.2, -0.15) is 5.26 Å². The van der Waals surface area contributed by atoms with Gasteiger partial charge in [-0.1, -0.05) is 29.8 Å². The maximum absolute atomic E-state index is 11.9. The summed E-state index contributed by atoms with van der Waals surface area (Å²) >= 11 is 1.05. The average Bonchev–Trinajstić information content (AvgIpc) is 2.61. The molecule has 2 rings (SSSR count). The molecule has 0 aliphatic rings. The van der Waals surface area contributed by atoms with Crippen LogP contribution in [0, 0.1) is 24.5 Å². The van der Waals surface area contributed by atoms with E-state index in [0.29, 0.717) is 5.69 Å².